The number of ether oxygens (including phenoxy) is 1. The van der Waals surface area contributed by atoms with E-state index in [0.717, 1.165) is 58.7 Å². The summed E-state index contributed by atoms with van der Waals surface area (Å²) in [6.45, 7) is 8.62. The molecule has 0 saturated heterocycles. The van der Waals surface area contributed by atoms with Crippen LogP contribution in [0.2, 0.25) is 0 Å². The number of ketones is 1. The summed E-state index contributed by atoms with van der Waals surface area (Å²) in [6, 6.07) is 20.0. The molecule has 1 aromatic heterocycles. The third kappa shape index (κ3) is 5.08. The van der Waals surface area contributed by atoms with Crippen molar-refractivity contribution >= 4 is 34.1 Å². The predicted molar refractivity (Wildman–Crippen MR) is 190 cm³/mol. The van der Waals surface area contributed by atoms with Crippen molar-refractivity contribution in [2.24, 2.45) is 28.6 Å². The number of aliphatic hydroxyl groups excluding tert-OH is 1. The molecule has 2 N–H and O–H groups in total. The van der Waals surface area contributed by atoms with E-state index < -0.39 is 17.1 Å². The van der Waals surface area contributed by atoms with Crippen LogP contribution in [-0.4, -0.2) is 52.6 Å². The standard InChI is InChI=1S/C40H46N2O4S/c1-6-25-22-38(2)27(21-33(25)42(4)28-13-15-29(46-5)16-14-28)12-17-30-31-19-20-40(45,39(31,3)23-34(43)37(30)38)35(44)24-47-36-18-11-26-9-7-8-10-32(26)41-36/h6-11,13-16,18,21,30-31,34,37,43,45H,1,12,17,19-20,22-24H2,2-5H3/t30?,31?,34-,37?,38?,39?,40?/m0/s1. The number of nitrogens with zero attached hydrogens (tertiary/aromatic N) is 2. The smallest absolute Gasteiger partial charge is 0.175 e. The minimum absolute atomic E-state index is 0.0528. The highest BCUT2D eigenvalue weighted by atomic mass is 32.2. The van der Waals surface area contributed by atoms with Gasteiger partial charge in [0.2, 0.25) is 0 Å². The average molecular weight is 651 g/mol. The number of rotatable bonds is 8. The Balaban J connectivity index is 1.12. The molecule has 7 heteroatoms. The molecule has 7 atom stereocenters. The number of methoxy groups -OCH3 is 1. The minimum atomic E-state index is -1.46. The molecule has 3 aromatic rings. The Bertz CT molecular complexity index is 1780. The van der Waals surface area contributed by atoms with Gasteiger partial charge in [-0.3, -0.25) is 4.79 Å². The van der Waals surface area contributed by atoms with Crippen molar-refractivity contribution in [2.75, 3.05) is 24.8 Å². The second-order valence-corrected chi connectivity index (χ2v) is 15.6. The fourth-order valence-electron chi connectivity index (χ4n) is 9.97. The summed E-state index contributed by atoms with van der Waals surface area (Å²) in [4.78, 5) is 20.9. The largest absolute Gasteiger partial charge is 0.497 e. The average Bonchev–Trinajstić information content (AvgIpc) is 3.36. The van der Waals surface area contributed by atoms with Crippen LogP contribution in [0.5, 0.6) is 5.75 Å². The quantitative estimate of drug-likeness (QED) is 0.241. The molecule has 4 aliphatic carbocycles. The van der Waals surface area contributed by atoms with Crippen LogP contribution in [0.4, 0.5) is 5.69 Å². The Kier molecular flexibility index (Phi) is 8.17. The molecule has 246 valence electrons. The number of hydrogen-bond acceptors (Lipinski definition) is 7. The number of thioether (sulfide) groups is 1. The number of allylic oxidation sites excluding steroid dienone is 4. The Morgan fingerprint density at radius 3 is 2.64 bits per heavy atom. The predicted octanol–water partition coefficient (Wildman–Crippen LogP) is 7.76. The van der Waals surface area contributed by atoms with Gasteiger partial charge in [-0.15, -0.1) is 0 Å². The molecule has 3 saturated carbocycles. The Morgan fingerprint density at radius 2 is 1.89 bits per heavy atom. The molecule has 4 aliphatic rings. The van der Waals surface area contributed by atoms with Gasteiger partial charge in [0.1, 0.15) is 11.4 Å². The van der Waals surface area contributed by atoms with Gasteiger partial charge < -0.3 is 19.8 Å². The first-order valence-electron chi connectivity index (χ1n) is 16.9. The van der Waals surface area contributed by atoms with E-state index in [1.54, 1.807) is 7.11 Å². The number of benzene rings is 2. The van der Waals surface area contributed by atoms with Crippen molar-refractivity contribution in [3.63, 3.8) is 0 Å². The molecule has 6 nitrogen and oxygen atoms in total. The zero-order valence-corrected chi connectivity index (χ0v) is 28.7. The summed E-state index contributed by atoms with van der Waals surface area (Å²) in [6.07, 6.45) is 8.07. The topological polar surface area (TPSA) is 82.9 Å². The summed E-state index contributed by atoms with van der Waals surface area (Å²) in [5.74, 6) is 1.30. The van der Waals surface area contributed by atoms with Crippen molar-refractivity contribution in [3.8, 4) is 5.75 Å². The first-order valence-corrected chi connectivity index (χ1v) is 17.9. The van der Waals surface area contributed by atoms with E-state index in [1.807, 2.05) is 54.6 Å². The van der Waals surface area contributed by atoms with Crippen LogP contribution in [0.1, 0.15) is 52.4 Å². The molecule has 2 aromatic carbocycles. The highest BCUT2D eigenvalue weighted by Crippen LogP contribution is 2.68. The lowest BCUT2D eigenvalue weighted by atomic mass is 9.45. The fourth-order valence-corrected chi connectivity index (χ4v) is 10.8. The minimum Gasteiger partial charge on any atom is -0.497 e. The van der Waals surface area contributed by atoms with E-state index in [9.17, 15) is 15.0 Å². The van der Waals surface area contributed by atoms with Gasteiger partial charge >= 0.3 is 0 Å². The molecule has 0 aliphatic heterocycles. The number of fused-ring (bicyclic) bond motifs is 6. The van der Waals surface area contributed by atoms with Gasteiger partial charge in [-0.25, -0.2) is 4.98 Å². The maximum Gasteiger partial charge on any atom is 0.175 e. The molecule has 3 fully saturated rings. The Morgan fingerprint density at radius 1 is 1.13 bits per heavy atom. The van der Waals surface area contributed by atoms with Crippen LogP contribution in [0, 0.1) is 28.6 Å². The van der Waals surface area contributed by atoms with Crippen molar-refractivity contribution in [1.82, 2.24) is 4.98 Å². The summed E-state index contributed by atoms with van der Waals surface area (Å²) in [5.41, 5.74) is 3.31. The number of para-hydroxylation sites is 1. The number of pyridine rings is 1. The third-order valence-electron chi connectivity index (χ3n) is 12.5. The van der Waals surface area contributed by atoms with Crippen LogP contribution >= 0.6 is 11.8 Å². The van der Waals surface area contributed by atoms with Crippen molar-refractivity contribution in [2.45, 2.75) is 69.1 Å². The highest BCUT2D eigenvalue weighted by molar-refractivity contribution is 7.99. The molecule has 1 heterocycles. The lowest BCUT2D eigenvalue weighted by molar-refractivity contribution is -0.177. The molecule has 0 spiro atoms. The molecule has 6 unspecified atom stereocenters. The summed E-state index contributed by atoms with van der Waals surface area (Å²) in [7, 11) is 3.77. The number of carbonyl (C=O) groups excluding carboxylic acids is 1. The number of carbonyl (C=O) groups is 1. The molecular weight excluding hydrogens is 605 g/mol. The lowest BCUT2D eigenvalue weighted by Gasteiger charge is -2.60. The number of likely N-dealkylation sites (N-methyl/N-ethyl adjacent to an activating group) is 1. The van der Waals surface area contributed by atoms with Crippen molar-refractivity contribution in [1.29, 1.82) is 0 Å². The SMILES string of the molecule is C=CC1=C(N(C)c2ccc(OC)cc2)C=C2CCC3C([C@@H](O)CC4(C)C3CCC4(O)C(=O)CSc3ccc4ccccc4n3)C2(C)C1. The van der Waals surface area contributed by atoms with E-state index >= 15 is 0 Å². The first-order chi connectivity index (χ1) is 22.5. The van der Waals surface area contributed by atoms with Gasteiger partial charge in [0.05, 0.1) is 29.5 Å². The van der Waals surface area contributed by atoms with Gasteiger partial charge in [0.15, 0.2) is 5.78 Å². The van der Waals surface area contributed by atoms with E-state index in [2.05, 4.69) is 50.6 Å². The number of hydrogen-bond donors (Lipinski definition) is 2. The van der Waals surface area contributed by atoms with Gasteiger partial charge in [-0.1, -0.05) is 68.1 Å². The second kappa shape index (κ2) is 11.9. The Hall–Kier alpha value is -3.39. The van der Waals surface area contributed by atoms with Crippen LogP contribution < -0.4 is 9.64 Å². The van der Waals surface area contributed by atoms with Gasteiger partial charge in [0.25, 0.3) is 0 Å². The Labute approximate surface area is 282 Å². The molecular formula is C40H46N2O4S. The molecule has 0 radical (unpaired) electrons. The van der Waals surface area contributed by atoms with Crippen LogP contribution in [0.3, 0.4) is 0 Å². The summed E-state index contributed by atoms with van der Waals surface area (Å²) >= 11 is 1.39. The maximum atomic E-state index is 13.9. The number of aliphatic hydroxyl groups is 2. The summed E-state index contributed by atoms with van der Waals surface area (Å²) < 4.78 is 5.37. The van der Waals surface area contributed by atoms with Crippen molar-refractivity contribution < 1.29 is 19.7 Å². The highest BCUT2D eigenvalue weighted by Gasteiger charge is 2.68. The fraction of sp³-hybridized carbons (Fsp3) is 0.450. The number of Topliss-reactive ketones (excluding diaryl/α,β-unsaturated/α-hetero) is 1. The zero-order valence-electron chi connectivity index (χ0n) is 27.9. The second-order valence-electron chi connectivity index (χ2n) is 14.6. The molecule has 0 bridgehead atoms. The number of aromatic nitrogens is 1. The van der Waals surface area contributed by atoms with Crippen LogP contribution in [0.15, 0.2) is 101 Å². The molecule has 47 heavy (non-hydrogen) atoms. The normalized spacial score (nSPS) is 33.0. The van der Waals surface area contributed by atoms with Crippen molar-refractivity contribution in [3.05, 3.63) is 96.2 Å². The third-order valence-corrected chi connectivity index (χ3v) is 13.4. The van der Waals surface area contributed by atoms with Gasteiger partial charge in [-0.2, -0.15) is 0 Å². The molecule has 0 amide bonds. The monoisotopic (exact) mass is 650 g/mol. The lowest BCUT2D eigenvalue weighted by Crippen LogP contribution is -2.61. The first kappa shape index (κ1) is 32.2. The van der Waals surface area contributed by atoms with Gasteiger partial charge in [-0.05, 0) is 110 Å². The van der Waals surface area contributed by atoms with E-state index in [-0.39, 0.29) is 34.7 Å². The van der Waals surface area contributed by atoms with Gasteiger partial charge in [0, 0.05) is 29.2 Å². The number of anilines is 1. The summed E-state index contributed by atoms with van der Waals surface area (Å²) in [5, 5.41) is 26.2. The zero-order chi connectivity index (χ0) is 33.1. The molecule has 7 rings (SSSR count). The van der Waals surface area contributed by atoms with E-state index in [4.69, 9.17) is 9.72 Å². The van der Waals surface area contributed by atoms with E-state index in [1.165, 1.54) is 22.9 Å². The maximum absolute atomic E-state index is 13.9. The van der Waals surface area contributed by atoms with E-state index in [0.29, 0.717) is 12.8 Å². The van der Waals surface area contributed by atoms with Crippen LogP contribution in [-0.2, 0) is 4.79 Å². The van der Waals surface area contributed by atoms with Crippen LogP contribution in [0.25, 0.3) is 10.9 Å².